The molecular weight excluding hydrogens is 296 g/mol. The molecule has 1 atom stereocenters. The highest BCUT2D eigenvalue weighted by atomic mass is 35.5. The van der Waals surface area contributed by atoms with Crippen LogP contribution in [0.3, 0.4) is 0 Å². The zero-order valence-electron chi connectivity index (χ0n) is 11.4. The molecule has 0 radical (unpaired) electrons. The minimum absolute atomic E-state index is 0.0299. The van der Waals surface area contributed by atoms with Gasteiger partial charge in [0.2, 0.25) is 0 Å². The second kappa shape index (κ2) is 5.81. The molecule has 0 amide bonds. The maximum atomic E-state index is 10.8. The molecule has 4 nitrogen and oxygen atoms in total. The first kappa shape index (κ1) is 14.8. The summed E-state index contributed by atoms with van der Waals surface area (Å²) in [6.07, 6.45) is 0. The fraction of sp³-hybridized carbons (Fsp3) is 0.286. The van der Waals surface area contributed by atoms with Crippen molar-refractivity contribution in [1.82, 2.24) is 0 Å². The smallest absolute Gasteiger partial charge is 0.271 e. The highest BCUT2D eigenvalue weighted by molar-refractivity contribution is 7.12. The van der Waals surface area contributed by atoms with Crippen molar-refractivity contribution in [2.45, 2.75) is 26.8 Å². The highest BCUT2D eigenvalue weighted by Crippen LogP contribution is 2.32. The van der Waals surface area contributed by atoms with Gasteiger partial charge in [-0.15, -0.1) is 11.3 Å². The van der Waals surface area contributed by atoms with Gasteiger partial charge in [-0.1, -0.05) is 11.6 Å². The number of benzene rings is 1. The Hall–Kier alpha value is -1.59. The monoisotopic (exact) mass is 310 g/mol. The van der Waals surface area contributed by atoms with Gasteiger partial charge in [-0.2, -0.15) is 0 Å². The van der Waals surface area contributed by atoms with Crippen molar-refractivity contribution in [3.05, 3.63) is 54.7 Å². The zero-order chi connectivity index (χ0) is 14.9. The molecule has 106 valence electrons. The molecule has 1 heterocycles. The number of non-ortho nitro benzene ring substituents is 1. The van der Waals surface area contributed by atoms with Gasteiger partial charge in [-0.3, -0.25) is 10.1 Å². The Balaban J connectivity index is 2.27. The molecule has 0 spiro atoms. The van der Waals surface area contributed by atoms with E-state index in [1.165, 1.54) is 27.5 Å². The lowest BCUT2D eigenvalue weighted by molar-refractivity contribution is -0.384. The SMILES string of the molecule is Cc1cc(C(C)Nc2cc([N+](=O)[O-])ccc2Cl)c(C)s1. The minimum Gasteiger partial charge on any atom is -0.377 e. The third kappa shape index (κ3) is 3.11. The van der Waals surface area contributed by atoms with Crippen molar-refractivity contribution in [3.63, 3.8) is 0 Å². The van der Waals surface area contributed by atoms with Crippen molar-refractivity contribution < 1.29 is 4.92 Å². The molecule has 0 bridgehead atoms. The number of hydrogen-bond acceptors (Lipinski definition) is 4. The van der Waals surface area contributed by atoms with E-state index in [1.807, 2.05) is 6.92 Å². The van der Waals surface area contributed by atoms with Crippen molar-refractivity contribution >= 4 is 34.3 Å². The van der Waals surface area contributed by atoms with Crippen LogP contribution in [0.25, 0.3) is 0 Å². The Kier molecular flexibility index (Phi) is 4.30. The number of halogens is 1. The average molecular weight is 311 g/mol. The Morgan fingerprint density at radius 3 is 2.60 bits per heavy atom. The largest absolute Gasteiger partial charge is 0.377 e. The first-order chi connectivity index (χ1) is 9.38. The number of nitrogens with zero attached hydrogens (tertiary/aromatic N) is 1. The molecule has 1 aromatic carbocycles. The number of nitrogens with one attached hydrogen (secondary N) is 1. The van der Waals surface area contributed by atoms with Gasteiger partial charge in [0.15, 0.2) is 0 Å². The number of hydrogen-bond donors (Lipinski definition) is 1. The molecule has 20 heavy (non-hydrogen) atoms. The van der Waals surface area contributed by atoms with Crippen LogP contribution in [-0.4, -0.2) is 4.92 Å². The predicted octanol–water partition coefficient (Wildman–Crippen LogP) is 5.10. The summed E-state index contributed by atoms with van der Waals surface area (Å²) in [5.74, 6) is 0. The Morgan fingerprint density at radius 1 is 1.35 bits per heavy atom. The van der Waals surface area contributed by atoms with Gasteiger partial charge in [0.05, 0.1) is 15.6 Å². The summed E-state index contributed by atoms with van der Waals surface area (Å²) in [5.41, 5.74) is 1.80. The summed E-state index contributed by atoms with van der Waals surface area (Å²) < 4.78 is 0. The number of thiophene rings is 1. The molecular formula is C14H15ClN2O2S. The van der Waals surface area contributed by atoms with E-state index in [0.717, 1.165) is 0 Å². The molecule has 0 aliphatic heterocycles. The van der Waals surface area contributed by atoms with E-state index in [4.69, 9.17) is 11.6 Å². The molecule has 0 fully saturated rings. The van der Waals surface area contributed by atoms with Crippen LogP contribution in [0.4, 0.5) is 11.4 Å². The van der Waals surface area contributed by atoms with Crippen LogP contribution < -0.4 is 5.32 Å². The van der Waals surface area contributed by atoms with Crippen molar-refractivity contribution in [3.8, 4) is 0 Å². The number of anilines is 1. The van der Waals surface area contributed by atoms with Crippen LogP contribution in [0.2, 0.25) is 5.02 Å². The van der Waals surface area contributed by atoms with Gasteiger partial charge in [-0.05, 0) is 38.5 Å². The molecule has 0 aliphatic carbocycles. The maximum Gasteiger partial charge on any atom is 0.271 e. The van der Waals surface area contributed by atoms with E-state index in [-0.39, 0.29) is 11.7 Å². The highest BCUT2D eigenvalue weighted by Gasteiger charge is 2.15. The van der Waals surface area contributed by atoms with Crippen LogP contribution in [0.5, 0.6) is 0 Å². The van der Waals surface area contributed by atoms with Crippen LogP contribution in [-0.2, 0) is 0 Å². The normalized spacial score (nSPS) is 12.2. The zero-order valence-corrected chi connectivity index (χ0v) is 13.0. The van der Waals surface area contributed by atoms with Gasteiger partial charge < -0.3 is 5.32 Å². The molecule has 1 unspecified atom stereocenters. The summed E-state index contributed by atoms with van der Waals surface area (Å²) >= 11 is 7.83. The first-order valence-corrected chi connectivity index (χ1v) is 7.35. The van der Waals surface area contributed by atoms with Gasteiger partial charge in [0.1, 0.15) is 0 Å². The second-order valence-electron chi connectivity index (χ2n) is 4.66. The Bertz CT molecular complexity index is 655. The van der Waals surface area contributed by atoms with Crippen LogP contribution in [0.15, 0.2) is 24.3 Å². The summed E-state index contributed by atoms with van der Waals surface area (Å²) in [5, 5.41) is 14.5. The van der Waals surface area contributed by atoms with E-state index in [2.05, 4.69) is 25.2 Å². The van der Waals surface area contributed by atoms with Crippen molar-refractivity contribution in [2.24, 2.45) is 0 Å². The van der Waals surface area contributed by atoms with Crippen molar-refractivity contribution in [2.75, 3.05) is 5.32 Å². The maximum absolute atomic E-state index is 10.8. The van der Waals surface area contributed by atoms with Gasteiger partial charge in [0, 0.05) is 27.9 Å². The number of rotatable bonds is 4. The van der Waals surface area contributed by atoms with Gasteiger partial charge in [0.25, 0.3) is 5.69 Å². The summed E-state index contributed by atoms with van der Waals surface area (Å²) in [4.78, 5) is 12.9. The van der Waals surface area contributed by atoms with Gasteiger partial charge in [-0.25, -0.2) is 0 Å². The molecule has 0 saturated carbocycles. The summed E-state index contributed by atoms with van der Waals surface area (Å²) in [7, 11) is 0. The lowest BCUT2D eigenvalue weighted by Crippen LogP contribution is -2.07. The predicted molar refractivity (Wildman–Crippen MR) is 83.9 cm³/mol. The first-order valence-electron chi connectivity index (χ1n) is 6.16. The summed E-state index contributed by atoms with van der Waals surface area (Å²) in [6.45, 7) is 6.15. The molecule has 0 saturated heterocycles. The topological polar surface area (TPSA) is 55.2 Å². The molecule has 2 aromatic rings. The van der Waals surface area contributed by atoms with E-state index in [0.29, 0.717) is 10.7 Å². The van der Waals surface area contributed by atoms with E-state index >= 15 is 0 Å². The van der Waals surface area contributed by atoms with Gasteiger partial charge >= 0.3 is 0 Å². The fourth-order valence-corrected chi connectivity index (χ4v) is 3.32. The van der Waals surface area contributed by atoms with Crippen LogP contribution in [0, 0.1) is 24.0 Å². The van der Waals surface area contributed by atoms with Crippen LogP contribution in [0.1, 0.15) is 28.3 Å². The number of nitro groups is 1. The number of aryl methyl sites for hydroxylation is 2. The average Bonchev–Trinajstić information content (AvgIpc) is 2.71. The third-order valence-electron chi connectivity index (χ3n) is 3.08. The standard InChI is InChI=1S/C14H15ClN2O2S/c1-8-6-12(10(3)20-8)9(2)16-14-7-11(17(18)19)4-5-13(14)15/h4-7,9,16H,1-3H3. The lowest BCUT2D eigenvalue weighted by Gasteiger charge is -2.16. The molecule has 6 heteroatoms. The van der Waals surface area contributed by atoms with Crippen LogP contribution >= 0.6 is 22.9 Å². The van der Waals surface area contributed by atoms with E-state index in [9.17, 15) is 10.1 Å². The second-order valence-corrected chi connectivity index (χ2v) is 6.52. The van der Waals surface area contributed by atoms with Crippen molar-refractivity contribution in [1.29, 1.82) is 0 Å². The minimum atomic E-state index is -0.424. The molecule has 1 aromatic heterocycles. The number of nitro benzene ring substituents is 1. The molecule has 2 rings (SSSR count). The quantitative estimate of drug-likeness (QED) is 0.631. The Labute approximate surface area is 126 Å². The van der Waals surface area contributed by atoms with E-state index < -0.39 is 4.92 Å². The summed E-state index contributed by atoms with van der Waals surface area (Å²) in [6, 6.07) is 6.58. The fourth-order valence-electron chi connectivity index (χ4n) is 2.13. The molecule has 1 N–H and O–H groups in total. The third-order valence-corrected chi connectivity index (χ3v) is 4.39. The molecule has 0 aliphatic rings. The lowest BCUT2D eigenvalue weighted by atomic mass is 10.1. The Morgan fingerprint density at radius 2 is 2.05 bits per heavy atom. The van der Waals surface area contributed by atoms with E-state index in [1.54, 1.807) is 17.4 Å².